The first-order valence-corrected chi connectivity index (χ1v) is 7.79. The van der Waals surface area contributed by atoms with Crippen LogP contribution in [0.15, 0.2) is 57.1 Å². The van der Waals surface area contributed by atoms with E-state index in [1.165, 1.54) is 0 Å². The number of nitrogens with one attached hydrogen (secondary N) is 1. The fourth-order valence-electron chi connectivity index (χ4n) is 2.24. The van der Waals surface area contributed by atoms with E-state index < -0.39 is 5.76 Å². The summed E-state index contributed by atoms with van der Waals surface area (Å²) in [5.41, 5.74) is 3.99. The van der Waals surface area contributed by atoms with Crippen LogP contribution in [0.4, 0.5) is 0 Å². The highest BCUT2D eigenvalue weighted by Crippen LogP contribution is 2.30. The number of halogens is 2. The molecule has 2 aromatic carbocycles. The normalized spacial score (nSPS) is 10.7. The van der Waals surface area contributed by atoms with Gasteiger partial charge in [-0.25, -0.2) is 9.78 Å². The van der Waals surface area contributed by atoms with E-state index in [9.17, 15) is 4.79 Å². The van der Waals surface area contributed by atoms with E-state index in [2.05, 4.69) is 9.97 Å². The number of oxazole rings is 1. The van der Waals surface area contributed by atoms with Crippen molar-refractivity contribution in [1.29, 1.82) is 0 Å². The molecule has 0 fully saturated rings. The highest BCUT2D eigenvalue weighted by Gasteiger charge is 2.09. The second-order valence-electron chi connectivity index (χ2n) is 4.77. The summed E-state index contributed by atoms with van der Waals surface area (Å²) in [5.74, 6) is -0.452. The SMILES string of the molecule is Cl.O=c1[nH]c2ccc(-c3csc(-c4ccc(Cl)cc4)n3)cc2o1. The molecule has 0 aliphatic heterocycles. The van der Waals surface area contributed by atoms with Crippen LogP contribution in [0.1, 0.15) is 0 Å². The van der Waals surface area contributed by atoms with E-state index in [1.807, 2.05) is 47.8 Å². The molecule has 0 saturated heterocycles. The fraction of sp³-hybridized carbons (Fsp3) is 0. The maximum atomic E-state index is 11.2. The number of hydrogen-bond acceptors (Lipinski definition) is 4. The molecule has 4 rings (SSSR count). The van der Waals surface area contributed by atoms with Gasteiger partial charge in [0, 0.05) is 21.5 Å². The van der Waals surface area contributed by atoms with Gasteiger partial charge in [0.15, 0.2) is 5.58 Å². The molecule has 23 heavy (non-hydrogen) atoms. The van der Waals surface area contributed by atoms with Crippen LogP contribution >= 0.6 is 35.3 Å². The van der Waals surface area contributed by atoms with E-state index >= 15 is 0 Å². The van der Waals surface area contributed by atoms with Crippen LogP contribution in [-0.2, 0) is 0 Å². The molecule has 4 aromatic rings. The molecule has 1 N–H and O–H groups in total. The summed E-state index contributed by atoms with van der Waals surface area (Å²) in [6, 6.07) is 13.1. The Labute approximate surface area is 146 Å². The number of benzene rings is 2. The molecule has 0 atom stereocenters. The van der Waals surface area contributed by atoms with Crippen LogP contribution in [0.5, 0.6) is 0 Å². The van der Waals surface area contributed by atoms with Crippen molar-refractivity contribution in [3.05, 3.63) is 63.4 Å². The lowest BCUT2D eigenvalue weighted by molar-refractivity contribution is 0.555. The Morgan fingerprint density at radius 1 is 1.09 bits per heavy atom. The predicted molar refractivity (Wildman–Crippen MR) is 95.6 cm³/mol. The Hall–Kier alpha value is -2.08. The van der Waals surface area contributed by atoms with Gasteiger partial charge in [-0.05, 0) is 24.3 Å². The minimum absolute atomic E-state index is 0. The van der Waals surface area contributed by atoms with Gasteiger partial charge in [-0.15, -0.1) is 23.7 Å². The van der Waals surface area contributed by atoms with Crippen LogP contribution in [0.2, 0.25) is 5.02 Å². The highest BCUT2D eigenvalue weighted by molar-refractivity contribution is 7.13. The largest absolute Gasteiger partial charge is 0.417 e. The molecule has 0 aliphatic rings. The Balaban J connectivity index is 0.00000156. The Kier molecular flexibility index (Phi) is 4.26. The number of nitrogens with zero attached hydrogens (tertiary/aromatic N) is 1. The third kappa shape index (κ3) is 3.03. The van der Waals surface area contributed by atoms with Gasteiger partial charge < -0.3 is 4.42 Å². The van der Waals surface area contributed by atoms with E-state index in [0.29, 0.717) is 16.1 Å². The number of fused-ring (bicyclic) bond motifs is 1. The van der Waals surface area contributed by atoms with Gasteiger partial charge in [0.25, 0.3) is 0 Å². The summed E-state index contributed by atoms with van der Waals surface area (Å²) >= 11 is 7.46. The lowest BCUT2D eigenvalue weighted by atomic mass is 10.1. The molecule has 116 valence electrons. The van der Waals surface area contributed by atoms with Crippen LogP contribution in [0, 0.1) is 0 Å². The third-order valence-corrected chi connectivity index (χ3v) is 4.46. The Morgan fingerprint density at radius 3 is 2.61 bits per heavy atom. The minimum atomic E-state index is -0.452. The van der Waals surface area contributed by atoms with Crippen LogP contribution < -0.4 is 5.76 Å². The molecule has 0 bridgehead atoms. The first-order valence-electron chi connectivity index (χ1n) is 6.54. The number of H-pyrrole nitrogens is 1. The Bertz CT molecular complexity index is 1020. The molecule has 0 spiro atoms. The lowest BCUT2D eigenvalue weighted by Gasteiger charge is -1.97. The lowest BCUT2D eigenvalue weighted by Crippen LogP contribution is -1.92. The molecular weight excluding hydrogens is 355 g/mol. The first kappa shape index (κ1) is 15.8. The maximum absolute atomic E-state index is 11.2. The molecule has 0 amide bonds. The van der Waals surface area contributed by atoms with Crippen molar-refractivity contribution < 1.29 is 4.42 Å². The van der Waals surface area contributed by atoms with Crippen molar-refractivity contribution >= 4 is 46.4 Å². The van der Waals surface area contributed by atoms with Crippen LogP contribution in [0.25, 0.3) is 32.9 Å². The predicted octanol–water partition coefficient (Wildman–Crippen LogP) is 4.99. The van der Waals surface area contributed by atoms with Crippen molar-refractivity contribution in [2.45, 2.75) is 0 Å². The monoisotopic (exact) mass is 364 g/mol. The molecule has 2 aromatic heterocycles. The molecule has 2 heterocycles. The van der Waals surface area contributed by atoms with Crippen molar-refractivity contribution in [3.63, 3.8) is 0 Å². The third-order valence-electron chi connectivity index (χ3n) is 3.31. The van der Waals surface area contributed by atoms with Gasteiger partial charge in [-0.1, -0.05) is 29.8 Å². The molecule has 0 aliphatic carbocycles. The molecule has 4 nitrogen and oxygen atoms in total. The first-order chi connectivity index (χ1) is 10.7. The average Bonchev–Trinajstić information content (AvgIpc) is 3.12. The summed E-state index contributed by atoms with van der Waals surface area (Å²) in [5, 5.41) is 3.60. The van der Waals surface area contributed by atoms with Crippen molar-refractivity contribution in [3.8, 4) is 21.8 Å². The quantitative estimate of drug-likeness (QED) is 0.545. The van der Waals surface area contributed by atoms with Gasteiger partial charge in [-0.3, -0.25) is 4.98 Å². The van der Waals surface area contributed by atoms with Gasteiger partial charge in [0.2, 0.25) is 0 Å². The number of thiazole rings is 1. The zero-order valence-electron chi connectivity index (χ0n) is 11.6. The van der Waals surface area contributed by atoms with Crippen LogP contribution in [0.3, 0.4) is 0 Å². The van der Waals surface area contributed by atoms with Gasteiger partial charge in [0.1, 0.15) is 5.01 Å². The van der Waals surface area contributed by atoms with E-state index in [0.717, 1.165) is 21.8 Å². The zero-order valence-corrected chi connectivity index (χ0v) is 14.0. The van der Waals surface area contributed by atoms with Gasteiger partial charge in [-0.2, -0.15) is 0 Å². The smallest absolute Gasteiger partial charge is 0.408 e. The summed E-state index contributed by atoms with van der Waals surface area (Å²) in [4.78, 5) is 18.5. The van der Waals surface area contributed by atoms with Crippen molar-refractivity contribution in [2.75, 3.05) is 0 Å². The highest BCUT2D eigenvalue weighted by atomic mass is 35.5. The average molecular weight is 365 g/mol. The molecule has 0 saturated carbocycles. The fourth-order valence-corrected chi connectivity index (χ4v) is 3.20. The van der Waals surface area contributed by atoms with E-state index in [-0.39, 0.29) is 12.4 Å². The molecule has 7 heteroatoms. The summed E-state index contributed by atoms with van der Waals surface area (Å²) in [6.07, 6.45) is 0. The number of rotatable bonds is 2. The number of hydrogen-bond donors (Lipinski definition) is 1. The zero-order chi connectivity index (χ0) is 15.1. The topological polar surface area (TPSA) is 58.9 Å². The van der Waals surface area contributed by atoms with Crippen molar-refractivity contribution in [2.24, 2.45) is 0 Å². The Morgan fingerprint density at radius 2 is 1.83 bits per heavy atom. The van der Waals surface area contributed by atoms with E-state index in [1.54, 1.807) is 11.3 Å². The number of aromatic nitrogens is 2. The minimum Gasteiger partial charge on any atom is -0.408 e. The summed E-state index contributed by atoms with van der Waals surface area (Å²) in [7, 11) is 0. The van der Waals surface area contributed by atoms with Gasteiger partial charge in [0.05, 0.1) is 11.2 Å². The summed E-state index contributed by atoms with van der Waals surface area (Å²) < 4.78 is 5.08. The van der Waals surface area contributed by atoms with E-state index in [4.69, 9.17) is 16.0 Å². The van der Waals surface area contributed by atoms with Gasteiger partial charge >= 0.3 is 5.76 Å². The molecular formula is C16H10Cl2N2O2S. The second kappa shape index (κ2) is 6.20. The summed E-state index contributed by atoms with van der Waals surface area (Å²) in [6.45, 7) is 0. The standard InChI is InChI=1S/C16H9ClN2O2S.ClH/c17-11-4-1-9(2-5-11)15-18-13(8-22-15)10-3-6-12-14(7-10)21-16(20)19-12;/h1-8H,(H,19,20);1H. The molecule has 0 radical (unpaired) electrons. The molecule has 0 unspecified atom stereocenters. The number of aromatic amines is 1. The van der Waals surface area contributed by atoms with Crippen LogP contribution in [-0.4, -0.2) is 9.97 Å². The second-order valence-corrected chi connectivity index (χ2v) is 6.06. The maximum Gasteiger partial charge on any atom is 0.417 e. The van der Waals surface area contributed by atoms with Crippen molar-refractivity contribution in [1.82, 2.24) is 9.97 Å².